The van der Waals surface area contributed by atoms with Crippen LogP contribution in [-0.2, 0) is 10.0 Å². The molecule has 0 saturated carbocycles. The third kappa shape index (κ3) is 2.95. The van der Waals surface area contributed by atoms with Crippen molar-refractivity contribution in [2.75, 3.05) is 12.3 Å². The summed E-state index contributed by atoms with van der Waals surface area (Å²) >= 11 is 1.05. The van der Waals surface area contributed by atoms with Crippen LogP contribution in [0, 0.1) is 0 Å². The maximum Gasteiger partial charge on any atom is 0.250 e. The van der Waals surface area contributed by atoms with Gasteiger partial charge in [-0.3, -0.25) is 0 Å². The molecule has 0 fully saturated rings. The van der Waals surface area contributed by atoms with Crippen molar-refractivity contribution in [3.05, 3.63) is 11.4 Å². The average molecular weight is 236 g/mol. The molecule has 80 valence electrons. The van der Waals surface area contributed by atoms with Gasteiger partial charge in [-0.1, -0.05) is 0 Å². The highest BCUT2D eigenvalue weighted by molar-refractivity contribution is 7.91. The van der Waals surface area contributed by atoms with Crippen molar-refractivity contribution in [3.63, 3.8) is 0 Å². The number of sulfonamides is 1. The van der Waals surface area contributed by atoms with E-state index in [-0.39, 0.29) is 10.8 Å². The van der Waals surface area contributed by atoms with Gasteiger partial charge in [0, 0.05) is 17.6 Å². The Labute approximate surface area is 86.6 Å². The highest BCUT2D eigenvalue weighted by atomic mass is 32.2. The van der Waals surface area contributed by atoms with E-state index in [2.05, 4.69) is 4.72 Å². The molecule has 0 spiro atoms. The quantitative estimate of drug-likeness (QED) is 0.685. The maximum absolute atomic E-state index is 11.5. The number of nitrogens with two attached hydrogens (primary N) is 1. The summed E-state index contributed by atoms with van der Waals surface area (Å²) in [6.07, 6.45) is -0.706. The summed E-state index contributed by atoms with van der Waals surface area (Å²) in [5.41, 5.74) is 5.82. The van der Waals surface area contributed by atoms with Gasteiger partial charge in [0.25, 0.3) is 0 Å². The lowest BCUT2D eigenvalue weighted by molar-refractivity contribution is 0.198. The minimum atomic E-state index is -3.51. The van der Waals surface area contributed by atoms with Crippen molar-refractivity contribution < 1.29 is 13.5 Å². The topological polar surface area (TPSA) is 92.4 Å². The first-order valence-corrected chi connectivity index (χ1v) is 6.30. The normalized spacial score (nSPS) is 14.1. The Hall–Kier alpha value is -0.630. The molecule has 0 radical (unpaired) electrons. The molecular weight excluding hydrogens is 224 g/mol. The van der Waals surface area contributed by atoms with E-state index >= 15 is 0 Å². The minimum absolute atomic E-state index is 0.000137. The molecule has 1 heterocycles. The van der Waals surface area contributed by atoms with Gasteiger partial charge in [0.15, 0.2) is 0 Å². The Bertz CT molecular complexity index is 397. The summed E-state index contributed by atoms with van der Waals surface area (Å²) in [6.45, 7) is 1.51. The van der Waals surface area contributed by atoms with Crippen LogP contribution in [0.5, 0.6) is 0 Å². The zero-order valence-corrected chi connectivity index (χ0v) is 9.23. The van der Waals surface area contributed by atoms with Gasteiger partial charge in [-0.2, -0.15) is 0 Å². The van der Waals surface area contributed by atoms with Crippen molar-refractivity contribution in [1.82, 2.24) is 4.72 Å². The number of nitrogen functional groups attached to an aromatic ring is 1. The molecule has 0 saturated heterocycles. The molecule has 0 amide bonds. The number of hydrogen-bond acceptors (Lipinski definition) is 5. The molecule has 1 aromatic heterocycles. The zero-order valence-electron chi connectivity index (χ0n) is 7.60. The van der Waals surface area contributed by atoms with Crippen LogP contribution in [-0.4, -0.2) is 26.2 Å². The second-order valence-corrected chi connectivity index (χ2v) is 5.81. The van der Waals surface area contributed by atoms with Crippen LogP contribution in [0.3, 0.4) is 0 Å². The molecule has 1 aromatic rings. The summed E-state index contributed by atoms with van der Waals surface area (Å²) in [5.74, 6) is 0. The second kappa shape index (κ2) is 4.26. The second-order valence-electron chi connectivity index (χ2n) is 2.90. The summed E-state index contributed by atoms with van der Waals surface area (Å²) in [5, 5.41) is 10.5. The molecule has 0 aliphatic carbocycles. The number of hydrogen-bond donors (Lipinski definition) is 3. The first-order valence-electron chi connectivity index (χ1n) is 3.93. The number of rotatable bonds is 4. The SMILES string of the molecule is C[C@H](O)CNS(=O)(=O)c1cc(N)cs1. The van der Waals surface area contributed by atoms with Gasteiger partial charge < -0.3 is 10.8 Å². The first kappa shape index (κ1) is 11.4. The highest BCUT2D eigenvalue weighted by Crippen LogP contribution is 2.20. The summed E-state index contributed by atoms with van der Waals surface area (Å²) in [4.78, 5) is 0. The third-order valence-electron chi connectivity index (χ3n) is 1.43. The fourth-order valence-electron chi connectivity index (χ4n) is 0.773. The molecule has 14 heavy (non-hydrogen) atoms. The molecule has 0 aliphatic rings. The fourth-order valence-corrected chi connectivity index (χ4v) is 3.02. The molecule has 0 unspecified atom stereocenters. The van der Waals surface area contributed by atoms with Crippen molar-refractivity contribution in [1.29, 1.82) is 0 Å². The molecule has 0 bridgehead atoms. The zero-order chi connectivity index (χ0) is 10.8. The summed E-state index contributed by atoms with van der Waals surface area (Å²) < 4.78 is 25.4. The van der Waals surface area contributed by atoms with E-state index in [1.807, 2.05) is 0 Å². The van der Waals surface area contributed by atoms with Crippen LogP contribution in [0.2, 0.25) is 0 Å². The van der Waals surface area contributed by atoms with Crippen molar-refractivity contribution in [2.45, 2.75) is 17.2 Å². The number of aliphatic hydroxyl groups is 1. The van der Waals surface area contributed by atoms with Gasteiger partial charge in [-0.15, -0.1) is 11.3 Å². The molecule has 1 atom stereocenters. The Morgan fingerprint density at radius 2 is 2.36 bits per heavy atom. The maximum atomic E-state index is 11.5. The molecule has 0 aliphatic heterocycles. The lowest BCUT2D eigenvalue weighted by Gasteiger charge is -2.05. The van der Waals surface area contributed by atoms with Crippen LogP contribution in [0.4, 0.5) is 5.69 Å². The van der Waals surface area contributed by atoms with Gasteiger partial charge in [0.05, 0.1) is 6.10 Å². The molecule has 1 rings (SSSR count). The van der Waals surface area contributed by atoms with Gasteiger partial charge in [0.2, 0.25) is 10.0 Å². The van der Waals surface area contributed by atoms with E-state index in [1.165, 1.54) is 13.0 Å². The van der Waals surface area contributed by atoms with Gasteiger partial charge >= 0.3 is 0 Å². The van der Waals surface area contributed by atoms with Crippen LogP contribution in [0.15, 0.2) is 15.7 Å². The first-order chi connectivity index (χ1) is 6.42. The van der Waals surface area contributed by atoms with Crippen molar-refractivity contribution in [3.8, 4) is 0 Å². The number of aliphatic hydroxyl groups excluding tert-OH is 1. The number of anilines is 1. The Morgan fingerprint density at radius 3 is 2.79 bits per heavy atom. The third-order valence-corrected chi connectivity index (χ3v) is 4.31. The van der Waals surface area contributed by atoms with Crippen molar-refractivity contribution >= 4 is 27.0 Å². The van der Waals surface area contributed by atoms with E-state index in [9.17, 15) is 8.42 Å². The fraction of sp³-hybridized carbons (Fsp3) is 0.429. The molecule has 7 heteroatoms. The predicted molar refractivity (Wildman–Crippen MR) is 55.6 cm³/mol. The monoisotopic (exact) mass is 236 g/mol. The van der Waals surface area contributed by atoms with E-state index in [1.54, 1.807) is 5.38 Å². The predicted octanol–water partition coefficient (Wildman–Crippen LogP) is -0.0106. The standard InChI is InChI=1S/C7H12N2O3S2/c1-5(10)3-9-14(11,12)7-2-6(8)4-13-7/h2,4-5,9-10H,3,8H2,1H3/t5-/m0/s1. The summed E-state index contributed by atoms with van der Waals surface area (Å²) in [6, 6.07) is 1.38. The van der Waals surface area contributed by atoms with E-state index in [4.69, 9.17) is 10.8 Å². The Kier molecular flexibility index (Phi) is 3.48. The summed E-state index contributed by atoms with van der Waals surface area (Å²) in [7, 11) is -3.51. The van der Waals surface area contributed by atoms with Crippen molar-refractivity contribution in [2.24, 2.45) is 0 Å². The van der Waals surface area contributed by atoms with Gasteiger partial charge in [0.1, 0.15) is 4.21 Å². The molecule has 5 nitrogen and oxygen atoms in total. The largest absolute Gasteiger partial charge is 0.398 e. The van der Waals surface area contributed by atoms with Gasteiger partial charge in [-0.05, 0) is 13.0 Å². The molecule has 4 N–H and O–H groups in total. The van der Waals surface area contributed by atoms with E-state index in [0.717, 1.165) is 11.3 Å². The molecule has 0 aromatic carbocycles. The van der Waals surface area contributed by atoms with Gasteiger partial charge in [-0.25, -0.2) is 13.1 Å². The Balaban J connectivity index is 2.76. The van der Waals surface area contributed by atoms with Crippen LogP contribution in [0.1, 0.15) is 6.92 Å². The number of thiophene rings is 1. The van der Waals surface area contributed by atoms with E-state index < -0.39 is 16.1 Å². The lowest BCUT2D eigenvalue weighted by atomic mass is 10.4. The minimum Gasteiger partial charge on any atom is -0.398 e. The molecular formula is C7H12N2O3S2. The smallest absolute Gasteiger partial charge is 0.250 e. The average Bonchev–Trinajstić information content (AvgIpc) is 2.49. The number of nitrogens with one attached hydrogen (secondary N) is 1. The Morgan fingerprint density at radius 1 is 1.71 bits per heavy atom. The van der Waals surface area contributed by atoms with Crippen LogP contribution >= 0.6 is 11.3 Å². The van der Waals surface area contributed by atoms with E-state index in [0.29, 0.717) is 5.69 Å². The highest BCUT2D eigenvalue weighted by Gasteiger charge is 2.16. The van der Waals surface area contributed by atoms with Crippen LogP contribution in [0.25, 0.3) is 0 Å². The lowest BCUT2D eigenvalue weighted by Crippen LogP contribution is -2.30. The van der Waals surface area contributed by atoms with Crippen LogP contribution < -0.4 is 10.5 Å².